The summed E-state index contributed by atoms with van der Waals surface area (Å²) in [4.78, 5) is 69.5. The molecule has 1 fully saturated rings. The molecule has 0 radical (unpaired) electrons. The summed E-state index contributed by atoms with van der Waals surface area (Å²) in [6, 6.07) is 20.5. The van der Waals surface area contributed by atoms with Crippen LogP contribution in [0.25, 0.3) is 11.2 Å². The van der Waals surface area contributed by atoms with Gasteiger partial charge in [0.05, 0.1) is 12.8 Å². The van der Waals surface area contributed by atoms with Gasteiger partial charge in [0.25, 0.3) is 5.56 Å². The highest BCUT2D eigenvalue weighted by atomic mass is 16.7. The van der Waals surface area contributed by atoms with Crippen LogP contribution in [0, 0.1) is 0 Å². The smallest absolute Gasteiger partial charge is 0.335 e. The van der Waals surface area contributed by atoms with E-state index in [4.69, 9.17) is 9.68 Å². The monoisotopic (exact) mass is 586 g/mol. The number of carbonyl (C=O) groups excluding carboxylic acids is 2. The number of piperazine rings is 1. The van der Waals surface area contributed by atoms with Crippen LogP contribution in [-0.4, -0.2) is 67.6 Å². The van der Waals surface area contributed by atoms with Gasteiger partial charge in [-0.1, -0.05) is 78.7 Å². The third-order valence-electron chi connectivity index (χ3n) is 8.20. The van der Waals surface area contributed by atoms with Gasteiger partial charge >= 0.3 is 17.6 Å². The first-order chi connectivity index (χ1) is 21.0. The lowest BCUT2D eigenvalue weighted by atomic mass is 9.82. The van der Waals surface area contributed by atoms with E-state index in [1.165, 1.54) is 11.1 Å². The van der Waals surface area contributed by atoms with Gasteiger partial charge in [0.2, 0.25) is 5.65 Å². The molecule has 2 atom stereocenters. The van der Waals surface area contributed by atoms with Gasteiger partial charge in [-0.25, -0.2) is 19.4 Å². The van der Waals surface area contributed by atoms with Crippen LogP contribution in [0.15, 0.2) is 76.6 Å². The Hall–Kier alpha value is -4.55. The van der Waals surface area contributed by atoms with E-state index in [9.17, 15) is 19.2 Å². The summed E-state index contributed by atoms with van der Waals surface area (Å²) >= 11 is 0. The second-order valence-corrected chi connectivity index (χ2v) is 10.9. The molecule has 1 saturated heterocycles. The van der Waals surface area contributed by atoms with E-state index >= 15 is 0 Å². The first-order valence-corrected chi connectivity index (χ1v) is 14.7. The molecule has 4 heterocycles. The van der Waals surface area contributed by atoms with Gasteiger partial charge in [-0.15, -0.1) is 0 Å². The van der Waals surface area contributed by atoms with Crippen molar-refractivity contribution in [2.24, 2.45) is 0 Å². The normalized spacial score (nSPS) is 18.5. The summed E-state index contributed by atoms with van der Waals surface area (Å²) in [6.07, 6.45) is 2.11. The maximum atomic E-state index is 13.9. The second-order valence-electron chi connectivity index (χ2n) is 10.9. The molecule has 0 amide bonds. The maximum Gasteiger partial charge on any atom is 0.366 e. The number of aromatic nitrogens is 4. The molecule has 43 heavy (non-hydrogen) atoms. The first kappa shape index (κ1) is 28.6. The van der Waals surface area contributed by atoms with E-state index in [1.807, 2.05) is 36.4 Å². The van der Waals surface area contributed by atoms with Gasteiger partial charge in [-0.2, -0.15) is 4.73 Å². The zero-order chi connectivity index (χ0) is 29.9. The van der Waals surface area contributed by atoms with Crippen LogP contribution in [0.5, 0.6) is 0 Å². The fraction of sp³-hybridized carbons (Fsp3) is 0.387. The molecule has 0 saturated carbocycles. The van der Waals surface area contributed by atoms with E-state index in [-0.39, 0.29) is 48.6 Å². The number of carbonyl (C=O) groups is 2. The van der Waals surface area contributed by atoms with Crippen molar-refractivity contribution < 1.29 is 19.3 Å². The Morgan fingerprint density at radius 2 is 1.58 bits per heavy atom. The minimum atomic E-state index is -0.807. The quantitative estimate of drug-likeness (QED) is 0.325. The minimum absolute atomic E-state index is 0.0201. The van der Waals surface area contributed by atoms with Crippen LogP contribution in [-0.2, 0) is 16.1 Å². The summed E-state index contributed by atoms with van der Waals surface area (Å²) in [5.41, 5.74) is 0.536. The van der Waals surface area contributed by atoms with E-state index in [2.05, 4.69) is 46.4 Å². The zero-order valence-corrected chi connectivity index (χ0v) is 23.9. The summed E-state index contributed by atoms with van der Waals surface area (Å²) in [7, 11) is 0. The summed E-state index contributed by atoms with van der Waals surface area (Å²) in [6.45, 7) is 4.30. The van der Waals surface area contributed by atoms with Crippen molar-refractivity contribution in [3.8, 4) is 0 Å². The number of nitrogens with zero attached hydrogens (tertiary/aromatic N) is 5. The summed E-state index contributed by atoms with van der Waals surface area (Å²) in [5.74, 6) is -1.49. The largest absolute Gasteiger partial charge is 0.366 e. The van der Waals surface area contributed by atoms with Crippen LogP contribution >= 0.6 is 0 Å². The van der Waals surface area contributed by atoms with Gasteiger partial charge in [0, 0.05) is 44.2 Å². The third-order valence-corrected chi connectivity index (χ3v) is 8.20. The van der Waals surface area contributed by atoms with Gasteiger partial charge < -0.3 is 15.0 Å². The first-order valence-electron chi connectivity index (χ1n) is 14.7. The molecule has 4 bridgehead atoms. The van der Waals surface area contributed by atoms with Crippen molar-refractivity contribution >= 4 is 23.1 Å². The Morgan fingerprint density at radius 3 is 2.23 bits per heavy atom. The fourth-order valence-electron chi connectivity index (χ4n) is 6.26. The number of rotatable bonds is 8. The Balaban J connectivity index is 1.44. The van der Waals surface area contributed by atoms with E-state index in [1.54, 1.807) is 0 Å². The summed E-state index contributed by atoms with van der Waals surface area (Å²) in [5, 5.41) is 3.56. The number of hydrogen-bond acceptors (Lipinski definition) is 9. The van der Waals surface area contributed by atoms with Crippen molar-refractivity contribution in [2.45, 2.75) is 57.2 Å². The van der Waals surface area contributed by atoms with Crippen LogP contribution in [0.2, 0.25) is 0 Å². The highest BCUT2D eigenvalue weighted by Crippen LogP contribution is 2.33. The third kappa shape index (κ3) is 5.63. The van der Waals surface area contributed by atoms with Crippen molar-refractivity contribution in [1.29, 1.82) is 0 Å². The lowest BCUT2D eigenvalue weighted by Gasteiger charge is -2.45. The zero-order valence-electron chi connectivity index (χ0n) is 23.9. The Bertz CT molecular complexity index is 1690. The second kappa shape index (κ2) is 12.4. The predicted molar refractivity (Wildman–Crippen MR) is 157 cm³/mol. The predicted octanol–water partition coefficient (Wildman–Crippen LogP) is 1.34. The average molecular weight is 587 g/mol. The lowest BCUT2D eigenvalue weighted by molar-refractivity contribution is -0.151. The molecule has 4 aromatic rings. The average Bonchev–Trinajstić information content (AvgIpc) is 3.43. The summed E-state index contributed by atoms with van der Waals surface area (Å²) < 4.78 is 2.77. The van der Waals surface area contributed by atoms with Crippen molar-refractivity contribution in [1.82, 2.24) is 29.2 Å². The standard InChI is InChI=1S/C31H34N6O6/c1-2-9-23(34-17-16-32-18-24(34)27(21-10-5-3-6-11-21)22-12-7-4-8-13-22)19-35-30(40)28-29-33-20-36(28)42-25(38)14-15-26(39)43-37(29)31(35)41/h3-8,10-13,20,23-24,27,32H,2,9,14-19H2,1H3. The molecule has 224 valence electrons. The SMILES string of the molecule is CCCC(Cn1c(=O)c2c3ncn2OC(=O)CCC(=O)On3c1=O)N1CCNCC1C(c1ccccc1)c1ccccc1. The Kier molecular flexibility index (Phi) is 8.21. The molecule has 2 aliphatic rings. The van der Waals surface area contributed by atoms with E-state index < -0.39 is 23.2 Å². The maximum absolute atomic E-state index is 13.9. The number of imidazole rings is 1. The number of benzene rings is 2. The van der Waals surface area contributed by atoms with Crippen LogP contribution in [0.4, 0.5) is 0 Å². The van der Waals surface area contributed by atoms with Crippen molar-refractivity contribution in [3.05, 3.63) is 99.0 Å². The molecule has 2 unspecified atom stereocenters. The molecule has 12 heteroatoms. The highest BCUT2D eigenvalue weighted by Gasteiger charge is 2.36. The minimum Gasteiger partial charge on any atom is -0.335 e. The molecular weight excluding hydrogens is 552 g/mol. The molecule has 12 nitrogen and oxygen atoms in total. The van der Waals surface area contributed by atoms with Gasteiger partial charge in [-0.3, -0.25) is 14.3 Å². The molecular formula is C31H34N6O6. The Morgan fingerprint density at radius 1 is 0.930 bits per heavy atom. The molecule has 0 spiro atoms. The molecule has 2 aromatic carbocycles. The van der Waals surface area contributed by atoms with E-state index in [0.29, 0.717) is 19.5 Å². The van der Waals surface area contributed by atoms with Crippen LogP contribution in [0.1, 0.15) is 49.7 Å². The molecule has 2 aromatic heterocycles. The van der Waals surface area contributed by atoms with Gasteiger partial charge in [-0.05, 0) is 17.5 Å². The van der Waals surface area contributed by atoms with E-state index in [0.717, 1.165) is 33.3 Å². The van der Waals surface area contributed by atoms with Crippen LogP contribution in [0.3, 0.4) is 0 Å². The Labute approximate surface area is 247 Å². The molecule has 0 aliphatic carbocycles. The topological polar surface area (TPSA) is 130 Å². The molecule has 1 N–H and O–H groups in total. The number of hydrogen-bond donors (Lipinski definition) is 1. The fourth-order valence-corrected chi connectivity index (χ4v) is 6.26. The lowest BCUT2D eigenvalue weighted by Crippen LogP contribution is -2.59. The van der Waals surface area contributed by atoms with Gasteiger partial charge in [0.1, 0.15) is 6.33 Å². The molecule has 6 rings (SSSR count). The van der Waals surface area contributed by atoms with Gasteiger partial charge in [0.15, 0.2) is 5.52 Å². The van der Waals surface area contributed by atoms with Crippen molar-refractivity contribution in [2.75, 3.05) is 19.6 Å². The molecule has 2 aliphatic heterocycles. The highest BCUT2D eigenvalue weighted by molar-refractivity contribution is 5.80. The van der Waals surface area contributed by atoms with Crippen molar-refractivity contribution in [3.63, 3.8) is 0 Å². The number of nitrogens with one attached hydrogen (secondary N) is 1. The van der Waals surface area contributed by atoms with Crippen LogP contribution < -0.4 is 26.2 Å².